The zero-order chi connectivity index (χ0) is 13.2. The van der Waals surface area contributed by atoms with Gasteiger partial charge in [-0.1, -0.05) is 6.92 Å². The monoisotopic (exact) mass is 274 g/mol. The molecule has 0 aromatic carbocycles. The Morgan fingerprint density at radius 2 is 2.06 bits per heavy atom. The summed E-state index contributed by atoms with van der Waals surface area (Å²) in [5.41, 5.74) is 0. The number of likely N-dealkylation sites (tertiary alicyclic amines) is 1. The van der Waals surface area contributed by atoms with Gasteiger partial charge in [0.05, 0.1) is 11.5 Å². The molecule has 0 aromatic rings. The number of nitrogens with zero attached hydrogens (tertiary/aromatic N) is 1. The molecule has 2 aliphatic heterocycles. The highest BCUT2D eigenvalue weighted by Gasteiger charge is 2.28. The summed E-state index contributed by atoms with van der Waals surface area (Å²) >= 11 is 0. The third-order valence-corrected chi connectivity index (χ3v) is 6.34. The van der Waals surface area contributed by atoms with Gasteiger partial charge >= 0.3 is 0 Å². The number of rotatable bonds is 4. The van der Waals surface area contributed by atoms with Crippen LogP contribution in [0.4, 0.5) is 0 Å². The molecule has 4 nitrogen and oxygen atoms in total. The van der Waals surface area contributed by atoms with E-state index in [4.69, 9.17) is 0 Å². The maximum absolute atomic E-state index is 11.4. The fraction of sp³-hybridized carbons (Fsp3) is 1.00. The fourth-order valence-electron chi connectivity index (χ4n) is 3.10. The van der Waals surface area contributed by atoms with Gasteiger partial charge < -0.3 is 5.32 Å². The van der Waals surface area contributed by atoms with E-state index in [1.54, 1.807) is 0 Å². The molecule has 3 atom stereocenters. The van der Waals surface area contributed by atoms with Gasteiger partial charge in [-0.05, 0) is 38.6 Å². The lowest BCUT2D eigenvalue weighted by Crippen LogP contribution is -2.46. The van der Waals surface area contributed by atoms with Gasteiger partial charge in [0.15, 0.2) is 9.84 Å². The van der Waals surface area contributed by atoms with Crippen molar-refractivity contribution in [1.82, 2.24) is 10.2 Å². The average molecular weight is 274 g/mol. The lowest BCUT2D eigenvalue weighted by molar-refractivity contribution is 0.114. The molecule has 2 saturated heterocycles. The molecular weight excluding hydrogens is 248 g/mol. The molecule has 0 radical (unpaired) electrons. The predicted molar refractivity (Wildman–Crippen MR) is 74.5 cm³/mol. The van der Waals surface area contributed by atoms with Crippen molar-refractivity contribution >= 4 is 9.84 Å². The Morgan fingerprint density at radius 3 is 2.72 bits per heavy atom. The van der Waals surface area contributed by atoms with Crippen LogP contribution in [0.25, 0.3) is 0 Å². The van der Waals surface area contributed by atoms with E-state index >= 15 is 0 Å². The van der Waals surface area contributed by atoms with E-state index in [2.05, 4.69) is 24.1 Å². The standard InChI is InChI=1S/C13H26N2O2S/c1-11-4-3-7-15(12(11)2)8-6-14-13-5-9-18(16,17)10-13/h11-14H,3-10H2,1-2H3. The Balaban J connectivity index is 1.69. The average Bonchev–Trinajstić information content (AvgIpc) is 2.64. The first-order valence-electron chi connectivity index (χ1n) is 7.16. The van der Waals surface area contributed by atoms with Crippen LogP contribution >= 0.6 is 0 Å². The summed E-state index contributed by atoms with van der Waals surface area (Å²) in [6.07, 6.45) is 3.42. The molecule has 5 heteroatoms. The second kappa shape index (κ2) is 5.88. The van der Waals surface area contributed by atoms with Gasteiger partial charge in [0.1, 0.15) is 0 Å². The minimum atomic E-state index is -2.75. The van der Waals surface area contributed by atoms with Crippen LogP contribution < -0.4 is 5.32 Å². The second-order valence-electron chi connectivity index (χ2n) is 5.95. The Labute approximate surface area is 111 Å². The zero-order valence-corrected chi connectivity index (χ0v) is 12.4. The first-order chi connectivity index (χ1) is 8.48. The highest BCUT2D eigenvalue weighted by molar-refractivity contribution is 7.91. The Kier molecular flexibility index (Phi) is 4.67. The number of sulfone groups is 1. The van der Waals surface area contributed by atoms with E-state index in [0.717, 1.165) is 25.4 Å². The Morgan fingerprint density at radius 1 is 1.28 bits per heavy atom. The molecule has 106 valence electrons. The van der Waals surface area contributed by atoms with Crippen molar-refractivity contribution in [2.24, 2.45) is 5.92 Å². The highest BCUT2D eigenvalue weighted by atomic mass is 32.2. The zero-order valence-electron chi connectivity index (χ0n) is 11.6. The Hall–Kier alpha value is -0.130. The number of hydrogen-bond donors (Lipinski definition) is 1. The predicted octanol–water partition coefficient (Wildman–Crippen LogP) is 0.884. The van der Waals surface area contributed by atoms with Gasteiger partial charge in [-0.25, -0.2) is 8.42 Å². The van der Waals surface area contributed by atoms with Gasteiger partial charge in [0, 0.05) is 25.2 Å². The molecule has 18 heavy (non-hydrogen) atoms. The Bertz CT molecular complexity index is 369. The van der Waals surface area contributed by atoms with Crippen molar-refractivity contribution in [1.29, 1.82) is 0 Å². The van der Waals surface area contributed by atoms with Crippen LogP contribution in [0.15, 0.2) is 0 Å². The van der Waals surface area contributed by atoms with Crippen molar-refractivity contribution < 1.29 is 8.42 Å². The fourth-order valence-corrected chi connectivity index (χ4v) is 4.81. The topological polar surface area (TPSA) is 49.4 Å². The van der Waals surface area contributed by atoms with E-state index < -0.39 is 9.84 Å². The van der Waals surface area contributed by atoms with E-state index in [-0.39, 0.29) is 6.04 Å². The molecule has 0 aliphatic carbocycles. The van der Waals surface area contributed by atoms with Crippen LogP contribution in [-0.4, -0.2) is 56.5 Å². The normalized spacial score (nSPS) is 36.9. The molecule has 2 fully saturated rings. The largest absolute Gasteiger partial charge is 0.312 e. The van der Waals surface area contributed by atoms with E-state index in [0.29, 0.717) is 17.5 Å². The first kappa shape index (κ1) is 14.3. The minimum absolute atomic E-state index is 0.188. The summed E-state index contributed by atoms with van der Waals surface area (Å²) in [5, 5.41) is 3.40. The first-order valence-corrected chi connectivity index (χ1v) is 8.98. The lowest BCUT2D eigenvalue weighted by atomic mass is 9.92. The molecule has 0 spiro atoms. The van der Waals surface area contributed by atoms with Crippen LogP contribution in [0, 0.1) is 5.92 Å². The summed E-state index contributed by atoms with van der Waals surface area (Å²) in [6.45, 7) is 7.78. The quantitative estimate of drug-likeness (QED) is 0.827. The van der Waals surface area contributed by atoms with Crippen molar-refractivity contribution in [3.05, 3.63) is 0 Å². The number of hydrogen-bond acceptors (Lipinski definition) is 4. The van der Waals surface area contributed by atoms with Crippen molar-refractivity contribution in [3.8, 4) is 0 Å². The molecule has 0 bridgehead atoms. The number of nitrogens with one attached hydrogen (secondary N) is 1. The highest BCUT2D eigenvalue weighted by Crippen LogP contribution is 2.22. The molecule has 2 rings (SSSR count). The van der Waals surface area contributed by atoms with Gasteiger partial charge in [-0.3, -0.25) is 4.90 Å². The van der Waals surface area contributed by atoms with Gasteiger partial charge in [0.25, 0.3) is 0 Å². The van der Waals surface area contributed by atoms with Gasteiger partial charge in [-0.15, -0.1) is 0 Å². The molecule has 0 aromatic heterocycles. The summed E-state index contributed by atoms with van der Waals surface area (Å²) in [5.74, 6) is 1.48. The van der Waals surface area contributed by atoms with E-state index in [1.165, 1.54) is 19.4 Å². The third-order valence-electron chi connectivity index (χ3n) is 4.57. The smallest absolute Gasteiger partial charge is 0.151 e. The van der Waals surface area contributed by atoms with Crippen molar-refractivity contribution in [2.75, 3.05) is 31.1 Å². The van der Waals surface area contributed by atoms with Crippen LogP contribution in [0.2, 0.25) is 0 Å². The summed E-state index contributed by atoms with van der Waals surface area (Å²) in [7, 11) is -2.75. The molecule has 1 N–H and O–H groups in total. The van der Waals surface area contributed by atoms with E-state index in [1.807, 2.05) is 0 Å². The lowest BCUT2D eigenvalue weighted by Gasteiger charge is -2.38. The third kappa shape index (κ3) is 3.68. The minimum Gasteiger partial charge on any atom is -0.312 e. The summed E-state index contributed by atoms with van der Waals surface area (Å²) in [4.78, 5) is 2.53. The molecule has 2 heterocycles. The molecule has 0 saturated carbocycles. The molecular formula is C13H26N2O2S. The van der Waals surface area contributed by atoms with Crippen molar-refractivity contribution in [3.63, 3.8) is 0 Å². The number of piperidine rings is 1. The van der Waals surface area contributed by atoms with Crippen LogP contribution in [0.3, 0.4) is 0 Å². The SMILES string of the molecule is CC1CCCN(CCNC2CCS(=O)(=O)C2)C1C. The van der Waals surface area contributed by atoms with Crippen LogP contribution in [0.5, 0.6) is 0 Å². The summed E-state index contributed by atoms with van der Waals surface area (Å²) in [6, 6.07) is 0.848. The maximum Gasteiger partial charge on any atom is 0.151 e. The van der Waals surface area contributed by atoms with Crippen LogP contribution in [0.1, 0.15) is 33.1 Å². The maximum atomic E-state index is 11.4. The van der Waals surface area contributed by atoms with Crippen LogP contribution in [-0.2, 0) is 9.84 Å². The molecule has 2 aliphatic rings. The van der Waals surface area contributed by atoms with E-state index in [9.17, 15) is 8.42 Å². The second-order valence-corrected chi connectivity index (χ2v) is 8.18. The molecule has 0 amide bonds. The van der Waals surface area contributed by atoms with Gasteiger partial charge in [0.2, 0.25) is 0 Å². The summed E-state index contributed by atoms with van der Waals surface area (Å²) < 4.78 is 22.7. The van der Waals surface area contributed by atoms with Crippen molar-refractivity contribution in [2.45, 2.75) is 45.2 Å². The molecule has 3 unspecified atom stereocenters. The van der Waals surface area contributed by atoms with Gasteiger partial charge in [-0.2, -0.15) is 0 Å².